The van der Waals surface area contributed by atoms with Crippen LogP contribution >= 0.6 is 0 Å². The minimum Gasteiger partial charge on any atom is -0.481 e. The monoisotopic (exact) mass is 433 g/mol. The maximum atomic E-state index is 13.1. The molecule has 0 fully saturated rings. The molecule has 3 aromatic rings. The fourth-order valence-electron chi connectivity index (χ4n) is 3.17. The van der Waals surface area contributed by atoms with E-state index in [4.69, 9.17) is 9.15 Å². The molecule has 164 valence electrons. The van der Waals surface area contributed by atoms with E-state index in [1.165, 1.54) is 24.6 Å². The lowest BCUT2D eigenvalue weighted by molar-refractivity contribution is -0.136. The van der Waals surface area contributed by atoms with Gasteiger partial charge < -0.3 is 14.5 Å². The summed E-state index contributed by atoms with van der Waals surface area (Å²) in [5.74, 6) is -0.235. The number of nitrogens with one attached hydrogen (secondary N) is 1. The lowest BCUT2D eigenvalue weighted by atomic mass is 10.1. The van der Waals surface area contributed by atoms with Crippen LogP contribution in [0.4, 0.5) is 13.2 Å². The van der Waals surface area contributed by atoms with Crippen molar-refractivity contribution in [2.75, 3.05) is 0 Å². The van der Waals surface area contributed by atoms with Crippen LogP contribution in [0.1, 0.15) is 31.4 Å². The summed E-state index contributed by atoms with van der Waals surface area (Å²) in [6, 6.07) is 13.8. The van der Waals surface area contributed by atoms with Crippen LogP contribution in [0.5, 0.6) is 5.75 Å². The number of ether oxygens (including phenoxy) is 1. The van der Waals surface area contributed by atoms with Crippen LogP contribution in [-0.4, -0.2) is 18.1 Å². The highest BCUT2D eigenvalue weighted by atomic mass is 19.4. The molecule has 2 aromatic carbocycles. The van der Waals surface area contributed by atoms with E-state index in [1.807, 2.05) is 37.3 Å². The molecular weight excluding hydrogens is 411 g/mol. The Hall–Kier alpha value is -3.29. The first kappa shape index (κ1) is 22.4. The maximum absolute atomic E-state index is 13.1. The Balaban J connectivity index is 1.64. The molecule has 8 heteroatoms. The topological polar surface area (TPSA) is 68.5 Å². The Morgan fingerprint density at radius 2 is 1.81 bits per heavy atom. The van der Waals surface area contributed by atoms with Crippen LogP contribution in [0, 0.1) is 0 Å². The highest BCUT2D eigenvalue weighted by Gasteiger charge is 2.34. The molecule has 5 nitrogen and oxygen atoms in total. The second-order valence-corrected chi connectivity index (χ2v) is 7.33. The summed E-state index contributed by atoms with van der Waals surface area (Å²) >= 11 is 0. The SMILES string of the molecule is CC(CCc1ccccc1)NC(=O)C(C)Oc1ccc2c(C(F)(F)F)cc(=O)oc2c1. The molecule has 0 saturated carbocycles. The number of carbonyl (C=O) groups excluding carboxylic acids is 1. The van der Waals surface area contributed by atoms with E-state index < -0.39 is 23.5 Å². The van der Waals surface area contributed by atoms with Gasteiger partial charge in [-0.05, 0) is 44.4 Å². The summed E-state index contributed by atoms with van der Waals surface area (Å²) in [6.07, 6.45) is -4.04. The van der Waals surface area contributed by atoms with E-state index >= 15 is 0 Å². The van der Waals surface area contributed by atoms with Crippen molar-refractivity contribution >= 4 is 16.9 Å². The molecule has 0 radical (unpaired) electrons. The van der Waals surface area contributed by atoms with Crippen molar-refractivity contribution in [2.24, 2.45) is 0 Å². The first-order valence-corrected chi connectivity index (χ1v) is 9.79. The number of benzene rings is 2. The molecule has 0 spiro atoms. The number of halogens is 3. The largest absolute Gasteiger partial charge is 0.481 e. The Morgan fingerprint density at radius 1 is 1.10 bits per heavy atom. The molecule has 0 bridgehead atoms. The molecule has 1 N–H and O–H groups in total. The predicted molar refractivity (Wildman–Crippen MR) is 110 cm³/mol. The Labute approximate surface area is 176 Å². The van der Waals surface area contributed by atoms with Gasteiger partial charge in [0.2, 0.25) is 0 Å². The second-order valence-electron chi connectivity index (χ2n) is 7.33. The third-order valence-electron chi connectivity index (χ3n) is 4.80. The molecular formula is C23H22F3NO4. The Kier molecular flexibility index (Phi) is 6.68. The number of fused-ring (bicyclic) bond motifs is 1. The average molecular weight is 433 g/mol. The number of rotatable bonds is 7. The second kappa shape index (κ2) is 9.24. The number of hydrogen-bond acceptors (Lipinski definition) is 4. The standard InChI is InChI=1S/C23H22F3NO4/c1-14(8-9-16-6-4-3-5-7-16)27-22(29)15(2)30-17-10-11-18-19(23(24,25)26)13-21(28)31-20(18)12-17/h3-7,10-15H,8-9H2,1-2H3,(H,27,29). The molecule has 0 aliphatic carbocycles. The van der Waals surface area contributed by atoms with Crippen LogP contribution in [0.15, 0.2) is 63.8 Å². The fraction of sp³-hybridized carbons (Fsp3) is 0.304. The minimum atomic E-state index is -4.69. The number of alkyl halides is 3. The third-order valence-corrected chi connectivity index (χ3v) is 4.80. The predicted octanol–water partition coefficient (Wildman–Crippen LogP) is 4.72. The van der Waals surface area contributed by atoms with Crippen molar-refractivity contribution in [2.45, 2.75) is 45.0 Å². The van der Waals surface area contributed by atoms with E-state index in [1.54, 1.807) is 0 Å². The van der Waals surface area contributed by atoms with Crippen LogP contribution in [0.25, 0.3) is 11.0 Å². The van der Waals surface area contributed by atoms with Crippen molar-refractivity contribution in [3.8, 4) is 5.75 Å². The molecule has 0 aliphatic rings. The van der Waals surface area contributed by atoms with Crippen molar-refractivity contribution in [3.05, 3.63) is 76.1 Å². The van der Waals surface area contributed by atoms with Gasteiger partial charge in [0.25, 0.3) is 5.91 Å². The van der Waals surface area contributed by atoms with E-state index in [9.17, 15) is 22.8 Å². The number of carbonyl (C=O) groups is 1. The summed E-state index contributed by atoms with van der Waals surface area (Å²) in [6.45, 7) is 3.42. The van der Waals surface area contributed by atoms with E-state index in [2.05, 4.69) is 5.32 Å². The van der Waals surface area contributed by atoms with Gasteiger partial charge in [-0.3, -0.25) is 4.79 Å². The van der Waals surface area contributed by atoms with Crippen molar-refractivity contribution in [1.29, 1.82) is 0 Å². The van der Waals surface area contributed by atoms with Crippen LogP contribution in [0.2, 0.25) is 0 Å². The number of aryl methyl sites for hydroxylation is 1. The summed E-state index contributed by atoms with van der Waals surface area (Å²) in [5, 5.41) is 2.60. The molecule has 2 atom stereocenters. The molecule has 1 heterocycles. The zero-order valence-electron chi connectivity index (χ0n) is 17.0. The quantitative estimate of drug-likeness (QED) is 0.548. The summed E-state index contributed by atoms with van der Waals surface area (Å²) in [5.41, 5.74) is -1.29. The van der Waals surface area contributed by atoms with Crippen LogP contribution in [0.3, 0.4) is 0 Å². The highest BCUT2D eigenvalue weighted by Crippen LogP contribution is 2.34. The van der Waals surface area contributed by atoms with E-state index in [0.717, 1.165) is 18.9 Å². The molecule has 0 saturated heterocycles. The Morgan fingerprint density at radius 3 is 2.48 bits per heavy atom. The van der Waals surface area contributed by atoms with Gasteiger partial charge in [-0.2, -0.15) is 13.2 Å². The van der Waals surface area contributed by atoms with Crippen LogP contribution in [-0.2, 0) is 17.4 Å². The summed E-state index contributed by atoms with van der Waals surface area (Å²) in [7, 11) is 0. The molecule has 0 aliphatic heterocycles. The van der Waals surface area contributed by atoms with Gasteiger partial charge in [-0.25, -0.2) is 4.79 Å². The molecule has 2 unspecified atom stereocenters. The lowest BCUT2D eigenvalue weighted by Gasteiger charge is -2.19. The van der Waals surface area contributed by atoms with Gasteiger partial charge in [0.1, 0.15) is 11.3 Å². The lowest BCUT2D eigenvalue weighted by Crippen LogP contribution is -2.41. The van der Waals surface area contributed by atoms with Gasteiger partial charge >= 0.3 is 11.8 Å². The third kappa shape index (κ3) is 5.87. The number of amides is 1. The van der Waals surface area contributed by atoms with Gasteiger partial charge in [0, 0.05) is 23.6 Å². The minimum absolute atomic E-state index is 0.0947. The van der Waals surface area contributed by atoms with Crippen LogP contribution < -0.4 is 15.7 Å². The van der Waals surface area contributed by atoms with E-state index in [0.29, 0.717) is 6.07 Å². The highest BCUT2D eigenvalue weighted by molar-refractivity contribution is 5.83. The molecule has 1 amide bonds. The van der Waals surface area contributed by atoms with Gasteiger partial charge in [0.15, 0.2) is 6.10 Å². The van der Waals surface area contributed by atoms with Crippen molar-refractivity contribution in [1.82, 2.24) is 5.32 Å². The first-order valence-electron chi connectivity index (χ1n) is 9.79. The average Bonchev–Trinajstić information content (AvgIpc) is 2.71. The van der Waals surface area contributed by atoms with Gasteiger partial charge in [0.05, 0.1) is 5.56 Å². The normalized spacial score (nSPS) is 13.6. The fourth-order valence-corrected chi connectivity index (χ4v) is 3.17. The Bertz CT molecular complexity index is 1110. The van der Waals surface area contributed by atoms with E-state index in [-0.39, 0.29) is 28.7 Å². The summed E-state index contributed by atoms with van der Waals surface area (Å²) < 4.78 is 49.9. The molecule has 31 heavy (non-hydrogen) atoms. The maximum Gasteiger partial charge on any atom is 0.417 e. The van der Waals surface area contributed by atoms with Gasteiger partial charge in [-0.1, -0.05) is 30.3 Å². The number of hydrogen-bond donors (Lipinski definition) is 1. The smallest absolute Gasteiger partial charge is 0.417 e. The molecule has 1 aromatic heterocycles. The zero-order valence-corrected chi connectivity index (χ0v) is 17.0. The molecule has 3 rings (SSSR count). The van der Waals surface area contributed by atoms with Crippen molar-refractivity contribution in [3.63, 3.8) is 0 Å². The van der Waals surface area contributed by atoms with Gasteiger partial charge in [-0.15, -0.1) is 0 Å². The summed E-state index contributed by atoms with van der Waals surface area (Å²) in [4.78, 5) is 23.9. The first-order chi connectivity index (χ1) is 14.6. The van der Waals surface area contributed by atoms with Crippen molar-refractivity contribution < 1.29 is 27.1 Å². The zero-order chi connectivity index (χ0) is 22.6.